The molecule has 0 spiro atoms. The highest BCUT2D eigenvalue weighted by Crippen LogP contribution is 2.65. The van der Waals surface area contributed by atoms with Crippen molar-refractivity contribution in [3.63, 3.8) is 0 Å². The SMILES string of the molecule is Cc1ccc(CCB2O[C@@H]3C[C@@H]4C[C@H]([C@]3(C)O2)[C@]4(C)C(N)=O)c(C)c1. The van der Waals surface area contributed by atoms with Gasteiger partial charge in [0.1, 0.15) is 0 Å². The van der Waals surface area contributed by atoms with Crippen LogP contribution in [0.2, 0.25) is 6.32 Å². The second-order valence-corrected chi connectivity index (χ2v) is 8.69. The third kappa shape index (κ3) is 2.39. The van der Waals surface area contributed by atoms with E-state index in [-0.39, 0.29) is 30.6 Å². The molecule has 3 saturated carbocycles. The maximum Gasteiger partial charge on any atom is 0.457 e. The number of benzene rings is 1. The highest BCUT2D eigenvalue weighted by Gasteiger charge is 2.71. The Hall–Kier alpha value is -1.33. The summed E-state index contributed by atoms with van der Waals surface area (Å²) in [6.07, 6.45) is 3.79. The molecular weight excluding hydrogens is 313 g/mol. The van der Waals surface area contributed by atoms with Crippen LogP contribution in [-0.2, 0) is 20.5 Å². The highest BCUT2D eigenvalue weighted by molar-refractivity contribution is 6.45. The Kier molecular flexibility index (Phi) is 3.82. The van der Waals surface area contributed by atoms with Crippen molar-refractivity contribution >= 4 is 13.0 Å². The predicted octanol–water partition coefficient (Wildman–Crippen LogP) is 3.04. The number of primary amides is 1. The normalized spacial score (nSPS) is 39.0. The molecule has 2 N–H and O–H groups in total. The lowest BCUT2D eigenvalue weighted by Gasteiger charge is -2.64. The van der Waals surface area contributed by atoms with Crippen molar-refractivity contribution in [2.24, 2.45) is 23.0 Å². The van der Waals surface area contributed by atoms with E-state index < -0.39 is 5.41 Å². The average Bonchev–Trinajstić information content (AvgIpc) is 2.88. The minimum absolute atomic E-state index is 0.0905. The van der Waals surface area contributed by atoms with E-state index in [0.29, 0.717) is 5.92 Å². The number of nitrogens with two attached hydrogens (primary N) is 1. The van der Waals surface area contributed by atoms with Gasteiger partial charge in [-0.15, -0.1) is 0 Å². The minimum Gasteiger partial charge on any atom is -0.405 e. The molecule has 1 aromatic rings. The lowest BCUT2D eigenvalue weighted by molar-refractivity contribution is -0.207. The van der Waals surface area contributed by atoms with Crippen LogP contribution >= 0.6 is 0 Å². The summed E-state index contributed by atoms with van der Waals surface area (Å²) in [7, 11) is -0.188. The number of carbonyl (C=O) groups excluding carboxylic acids is 1. The Balaban J connectivity index is 1.45. The topological polar surface area (TPSA) is 61.6 Å². The summed E-state index contributed by atoms with van der Waals surface area (Å²) >= 11 is 0. The first-order valence-corrected chi connectivity index (χ1v) is 9.44. The molecule has 4 nitrogen and oxygen atoms in total. The summed E-state index contributed by atoms with van der Waals surface area (Å²) in [5.74, 6) is 0.331. The highest BCUT2D eigenvalue weighted by atomic mass is 16.7. The molecule has 134 valence electrons. The maximum atomic E-state index is 12.0. The summed E-state index contributed by atoms with van der Waals surface area (Å²) in [6, 6.07) is 6.59. The van der Waals surface area contributed by atoms with Gasteiger partial charge in [-0.05, 0) is 63.4 Å². The van der Waals surface area contributed by atoms with Gasteiger partial charge in [-0.1, -0.05) is 30.7 Å². The molecule has 1 amide bonds. The van der Waals surface area contributed by atoms with E-state index in [1.165, 1.54) is 16.7 Å². The van der Waals surface area contributed by atoms with E-state index in [1.54, 1.807) is 0 Å². The number of aryl methyl sites for hydroxylation is 3. The second kappa shape index (κ2) is 5.58. The van der Waals surface area contributed by atoms with Crippen molar-refractivity contribution in [1.29, 1.82) is 0 Å². The van der Waals surface area contributed by atoms with Crippen molar-refractivity contribution in [3.8, 4) is 0 Å². The molecule has 1 aromatic carbocycles. The van der Waals surface area contributed by atoms with Gasteiger partial charge >= 0.3 is 7.12 Å². The first-order valence-electron chi connectivity index (χ1n) is 9.44. The Morgan fingerprint density at radius 3 is 2.76 bits per heavy atom. The summed E-state index contributed by atoms with van der Waals surface area (Å²) in [5.41, 5.74) is 8.88. The van der Waals surface area contributed by atoms with Gasteiger partial charge in [0.25, 0.3) is 0 Å². The average molecular weight is 341 g/mol. The van der Waals surface area contributed by atoms with Gasteiger partial charge in [-0.2, -0.15) is 0 Å². The number of amides is 1. The van der Waals surface area contributed by atoms with Crippen molar-refractivity contribution in [2.45, 2.75) is 65.0 Å². The molecule has 25 heavy (non-hydrogen) atoms. The Bertz CT molecular complexity index is 723. The van der Waals surface area contributed by atoms with E-state index in [9.17, 15) is 4.79 Å². The lowest BCUT2D eigenvalue weighted by atomic mass is 9.42. The zero-order valence-corrected chi connectivity index (χ0v) is 15.7. The molecular formula is C20H28BNO3. The van der Waals surface area contributed by atoms with Crippen molar-refractivity contribution in [1.82, 2.24) is 0 Å². The van der Waals surface area contributed by atoms with Gasteiger partial charge < -0.3 is 15.0 Å². The van der Waals surface area contributed by atoms with E-state index >= 15 is 0 Å². The fraction of sp³-hybridized carbons (Fsp3) is 0.650. The van der Waals surface area contributed by atoms with Crippen LogP contribution < -0.4 is 5.73 Å². The van der Waals surface area contributed by atoms with Crippen LogP contribution in [0, 0.1) is 31.1 Å². The Labute approximate surface area is 150 Å². The summed E-state index contributed by atoms with van der Waals surface area (Å²) in [4.78, 5) is 12.0. The van der Waals surface area contributed by atoms with Gasteiger partial charge in [0.05, 0.1) is 17.1 Å². The summed E-state index contributed by atoms with van der Waals surface area (Å²) < 4.78 is 12.7. The second-order valence-electron chi connectivity index (χ2n) is 8.69. The van der Waals surface area contributed by atoms with Crippen LogP contribution in [0.1, 0.15) is 43.4 Å². The fourth-order valence-corrected chi connectivity index (χ4v) is 5.53. The first kappa shape index (κ1) is 17.1. The van der Waals surface area contributed by atoms with Gasteiger partial charge in [0, 0.05) is 5.92 Å². The number of rotatable bonds is 4. The smallest absolute Gasteiger partial charge is 0.405 e. The van der Waals surface area contributed by atoms with Crippen LogP contribution in [0.3, 0.4) is 0 Å². The van der Waals surface area contributed by atoms with Crippen molar-refractivity contribution < 1.29 is 14.1 Å². The van der Waals surface area contributed by atoms with Crippen LogP contribution in [-0.4, -0.2) is 24.7 Å². The van der Waals surface area contributed by atoms with Crippen LogP contribution in [0.15, 0.2) is 18.2 Å². The Morgan fingerprint density at radius 1 is 1.32 bits per heavy atom. The quantitative estimate of drug-likeness (QED) is 0.857. The summed E-state index contributed by atoms with van der Waals surface area (Å²) in [6.45, 7) is 8.41. The van der Waals surface area contributed by atoms with Gasteiger partial charge in [0.15, 0.2) is 0 Å². The van der Waals surface area contributed by atoms with Gasteiger partial charge in [-0.3, -0.25) is 4.79 Å². The molecule has 5 rings (SSSR count). The molecule has 4 aliphatic rings. The third-order valence-electron chi connectivity index (χ3n) is 7.30. The summed E-state index contributed by atoms with van der Waals surface area (Å²) in [5, 5.41) is 0. The van der Waals surface area contributed by atoms with Crippen LogP contribution in [0.4, 0.5) is 0 Å². The monoisotopic (exact) mass is 341 g/mol. The minimum atomic E-state index is -0.433. The van der Waals surface area contributed by atoms with E-state index in [1.807, 2.05) is 6.92 Å². The number of hydrogen-bond donors (Lipinski definition) is 1. The van der Waals surface area contributed by atoms with E-state index in [2.05, 4.69) is 39.0 Å². The largest absolute Gasteiger partial charge is 0.457 e. The van der Waals surface area contributed by atoms with Crippen LogP contribution in [0.25, 0.3) is 0 Å². The standard InChI is InChI=1S/C20H28BNO3/c1-12-5-6-14(13(2)9-12)7-8-21-24-17-11-15-10-16(20(17,4)25-21)19(15,3)18(22)23/h5-6,9,15-17H,7-8,10-11H2,1-4H3,(H2,22,23)/t15-,16-,17+,19+,20-/m0/s1. The molecule has 3 aliphatic carbocycles. The van der Waals surface area contributed by atoms with Crippen molar-refractivity contribution in [2.75, 3.05) is 0 Å². The molecule has 2 bridgehead atoms. The molecule has 0 aromatic heterocycles. The molecule has 5 heteroatoms. The first-order chi connectivity index (χ1) is 11.7. The zero-order valence-electron chi connectivity index (χ0n) is 15.7. The number of hydrogen-bond acceptors (Lipinski definition) is 3. The molecule has 1 saturated heterocycles. The van der Waals surface area contributed by atoms with Gasteiger partial charge in [0.2, 0.25) is 5.91 Å². The predicted molar refractivity (Wildman–Crippen MR) is 98.1 cm³/mol. The van der Waals surface area contributed by atoms with E-state index in [0.717, 1.165) is 25.6 Å². The molecule has 0 radical (unpaired) electrons. The van der Waals surface area contributed by atoms with Crippen LogP contribution in [0.5, 0.6) is 0 Å². The zero-order chi connectivity index (χ0) is 18.0. The molecule has 4 fully saturated rings. The lowest BCUT2D eigenvalue weighted by Crippen LogP contribution is -2.70. The Morgan fingerprint density at radius 2 is 2.08 bits per heavy atom. The molecule has 1 aliphatic heterocycles. The van der Waals surface area contributed by atoms with E-state index in [4.69, 9.17) is 15.0 Å². The maximum absolute atomic E-state index is 12.0. The fourth-order valence-electron chi connectivity index (χ4n) is 5.53. The third-order valence-corrected chi connectivity index (χ3v) is 7.30. The van der Waals surface area contributed by atoms with Crippen molar-refractivity contribution in [3.05, 3.63) is 34.9 Å². The molecule has 5 atom stereocenters. The molecule has 0 unspecified atom stereocenters. The van der Waals surface area contributed by atoms with Gasteiger partial charge in [-0.25, -0.2) is 0 Å². The number of carbonyl (C=O) groups is 1. The molecule has 1 heterocycles.